The number of carbonyl (C=O) groups excluding carboxylic acids is 1. The lowest BCUT2D eigenvalue weighted by Gasteiger charge is -2.17. The average molecular weight is 427 g/mol. The third-order valence-corrected chi connectivity index (χ3v) is 4.87. The summed E-state index contributed by atoms with van der Waals surface area (Å²) in [6.45, 7) is 9.11. The molecule has 3 rings (SSSR count). The summed E-state index contributed by atoms with van der Waals surface area (Å²) < 4.78 is 1.28. The number of nitrogens with one attached hydrogen (secondary N) is 1. The number of aromatic amines is 1. The third-order valence-electron chi connectivity index (χ3n) is 4.68. The first kappa shape index (κ1) is 21.6. The summed E-state index contributed by atoms with van der Waals surface area (Å²) in [5.41, 5.74) is 2.18. The maximum Gasteiger partial charge on any atom is 0.329 e. The number of halogens is 1. The van der Waals surface area contributed by atoms with Gasteiger partial charge in [0.05, 0.1) is 6.54 Å². The first-order valence-corrected chi connectivity index (χ1v) is 9.94. The van der Waals surface area contributed by atoms with Crippen LogP contribution in [0.15, 0.2) is 33.9 Å². The number of carbonyl (C=O) groups is 1. The van der Waals surface area contributed by atoms with Gasteiger partial charge in [0.2, 0.25) is 5.78 Å². The Morgan fingerprint density at radius 3 is 2.33 bits per heavy atom. The highest BCUT2D eigenvalue weighted by Crippen LogP contribution is 2.20. The molecule has 0 spiro atoms. The van der Waals surface area contributed by atoms with Crippen molar-refractivity contribution >= 4 is 17.4 Å². The van der Waals surface area contributed by atoms with Gasteiger partial charge in [-0.2, -0.15) is 0 Å². The van der Waals surface area contributed by atoms with E-state index in [0.717, 1.165) is 5.56 Å². The number of hydrogen-bond acceptors (Lipinski definition) is 5. The predicted octanol–water partition coefficient (Wildman–Crippen LogP) is 3.31. The molecule has 0 aliphatic carbocycles. The van der Waals surface area contributed by atoms with Crippen molar-refractivity contribution in [3.8, 4) is 0 Å². The van der Waals surface area contributed by atoms with Crippen LogP contribution in [0.2, 0.25) is 5.15 Å². The highest BCUT2D eigenvalue weighted by Gasteiger charge is 2.25. The highest BCUT2D eigenvalue weighted by molar-refractivity contribution is 6.29. The molecule has 0 saturated heterocycles. The number of aryl methyl sites for hydroxylation is 3. The summed E-state index contributed by atoms with van der Waals surface area (Å²) in [6.07, 6.45) is 0. The van der Waals surface area contributed by atoms with Crippen LogP contribution < -0.4 is 11.2 Å². The molecule has 156 valence electrons. The van der Waals surface area contributed by atoms with Gasteiger partial charge >= 0.3 is 5.69 Å². The number of pyridine rings is 2. The summed E-state index contributed by atoms with van der Waals surface area (Å²) >= 11 is 6.06. The molecular formula is C22H23ClN4O3. The lowest BCUT2D eigenvalue weighted by atomic mass is 9.98. The van der Waals surface area contributed by atoms with E-state index in [1.807, 2.05) is 13.0 Å². The molecule has 8 heteroatoms. The molecule has 3 heterocycles. The average Bonchev–Trinajstić information content (AvgIpc) is 2.61. The van der Waals surface area contributed by atoms with Crippen LogP contribution in [0.25, 0.3) is 0 Å². The Hall–Kier alpha value is -3.06. The summed E-state index contributed by atoms with van der Waals surface area (Å²) in [5, 5.41) is 0.287. The van der Waals surface area contributed by atoms with E-state index < -0.39 is 17.0 Å². The fraction of sp³-hybridized carbons (Fsp3) is 0.318. The molecule has 0 aliphatic rings. The van der Waals surface area contributed by atoms with Gasteiger partial charge in [-0.05, 0) is 62.1 Å². The SMILES string of the molecule is Cc1cc(C)nc(C(=O)c2c(C(C)C)c(=O)[nH]c(=O)n2Cc2cc(C)nc(Cl)c2)c1. The summed E-state index contributed by atoms with van der Waals surface area (Å²) in [6, 6.07) is 6.92. The van der Waals surface area contributed by atoms with Crippen LogP contribution >= 0.6 is 11.6 Å². The molecule has 0 amide bonds. The van der Waals surface area contributed by atoms with Crippen LogP contribution in [0, 0.1) is 20.8 Å². The minimum atomic E-state index is -0.664. The van der Waals surface area contributed by atoms with Crippen LogP contribution in [-0.2, 0) is 6.54 Å². The van der Waals surface area contributed by atoms with Crippen molar-refractivity contribution in [2.45, 2.75) is 47.1 Å². The number of H-pyrrole nitrogens is 1. The summed E-state index contributed by atoms with van der Waals surface area (Å²) in [7, 11) is 0. The summed E-state index contributed by atoms with van der Waals surface area (Å²) in [4.78, 5) is 49.7. The highest BCUT2D eigenvalue weighted by atomic mass is 35.5. The van der Waals surface area contributed by atoms with E-state index in [4.69, 9.17) is 11.6 Å². The second-order valence-electron chi connectivity index (χ2n) is 7.70. The van der Waals surface area contributed by atoms with E-state index in [2.05, 4.69) is 15.0 Å². The van der Waals surface area contributed by atoms with Crippen LogP contribution in [0.3, 0.4) is 0 Å². The van der Waals surface area contributed by atoms with Gasteiger partial charge in [0, 0.05) is 17.0 Å². The number of ketones is 1. The molecule has 0 unspecified atom stereocenters. The largest absolute Gasteiger partial charge is 0.329 e. The monoisotopic (exact) mass is 426 g/mol. The molecule has 30 heavy (non-hydrogen) atoms. The molecule has 0 saturated carbocycles. The molecule has 0 fully saturated rings. The zero-order valence-corrected chi connectivity index (χ0v) is 18.3. The standard InChI is InChI=1S/C22H23ClN4O3/c1-11(2)18-19(20(28)16-7-12(3)6-13(4)24-16)27(22(30)26-21(18)29)10-15-8-14(5)25-17(23)9-15/h6-9,11H,10H2,1-5H3,(H,26,29,30). The van der Waals surface area contributed by atoms with E-state index in [9.17, 15) is 14.4 Å². The van der Waals surface area contributed by atoms with Gasteiger partial charge in [-0.3, -0.25) is 19.1 Å². The fourth-order valence-corrected chi connectivity index (χ4v) is 3.84. The molecule has 3 aromatic rings. The minimum absolute atomic E-state index is 0.0434. The van der Waals surface area contributed by atoms with Crippen LogP contribution in [0.1, 0.15) is 64.0 Å². The van der Waals surface area contributed by atoms with Crippen molar-refractivity contribution in [2.24, 2.45) is 0 Å². The fourth-order valence-electron chi connectivity index (χ4n) is 3.57. The molecule has 0 bridgehead atoms. The van der Waals surface area contributed by atoms with Gasteiger partial charge in [-0.25, -0.2) is 14.8 Å². The third kappa shape index (κ3) is 4.41. The number of aromatic nitrogens is 4. The van der Waals surface area contributed by atoms with Gasteiger partial charge in [0.15, 0.2) is 0 Å². The van der Waals surface area contributed by atoms with Crippen molar-refractivity contribution in [1.29, 1.82) is 0 Å². The molecule has 7 nitrogen and oxygen atoms in total. The maximum atomic E-state index is 13.5. The molecule has 1 N–H and O–H groups in total. The van der Waals surface area contributed by atoms with E-state index in [-0.39, 0.29) is 34.6 Å². The van der Waals surface area contributed by atoms with Gasteiger partial charge in [0.1, 0.15) is 16.5 Å². The normalized spacial score (nSPS) is 11.2. The van der Waals surface area contributed by atoms with Gasteiger partial charge in [0.25, 0.3) is 5.56 Å². The molecule has 3 aromatic heterocycles. The second kappa shape index (κ2) is 8.36. The Bertz CT molecular complexity index is 1220. The van der Waals surface area contributed by atoms with E-state index in [1.54, 1.807) is 45.9 Å². The summed E-state index contributed by atoms with van der Waals surface area (Å²) in [5.74, 6) is -0.751. The minimum Gasteiger partial charge on any atom is -0.285 e. The molecular weight excluding hydrogens is 404 g/mol. The number of nitrogens with zero attached hydrogens (tertiary/aromatic N) is 3. The zero-order chi connectivity index (χ0) is 22.2. The van der Waals surface area contributed by atoms with E-state index in [1.165, 1.54) is 4.57 Å². The Morgan fingerprint density at radius 1 is 1.07 bits per heavy atom. The Balaban J connectivity index is 2.29. The second-order valence-corrected chi connectivity index (χ2v) is 8.09. The molecule has 0 aliphatic heterocycles. The molecule has 0 aromatic carbocycles. The van der Waals surface area contributed by atoms with Crippen molar-refractivity contribution in [1.82, 2.24) is 19.5 Å². The number of hydrogen-bond donors (Lipinski definition) is 1. The quantitative estimate of drug-likeness (QED) is 0.498. The van der Waals surface area contributed by atoms with Gasteiger partial charge < -0.3 is 0 Å². The zero-order valence-electron chi connectivity index (χ0n) is 17.5. The van der Waals surface area contributed by atoms with Gasteiger partial charge in [-0.15, -0.1) is 0 Å². The topological polar surface area (TPSA) is 97.7 Å². The van der Waals surface area contributed by atoms with Crippen LogP contribution in [-0.4, -0.2) is 25.3 Å². The van der Waals surface area contributed by atoms with Crippen LogP contribution in [0.4, 0.5) is 0 Å². The Morgan fingerprint density at radius 2 is 1.73 bits per heavy atom. The van der Waals surface area contributed by atoms with Gasteiger partial charge in [-0.1, -0.05) is 25.4 Å². The van der Waals surface area contributed by atoms with E-state index >= 15 is 0 Å². The Labute approximate surface area is 178 Å². The van der Waals surface area contributed by atoms with Crippen LogP contribution in [0.5, 0.6) is 0 Å². The van der Waals surface area contributed by atoms with Crippen molar-refractivity contribution in [3.63, 3.8) is 0 Å². The van der Waals surface area contributed by atoms with Crippen molar-refractivity contribution in [2.75, 3.05) is 0 Å². The van der Waals surface area contributed by atoms with Crippen molar-refractivity contribution in [3.05, 3.63) is 89.7 Å². The first-order valence-electron chi connectivity index (χ1n) is 9.57. The Kier molecular flexibility index (Phi) is 6.03. The molecule has 0 radical (unpaired) electrons. The predicted molar refractivity (Wildman–Crippen MR) is 116 cm³/mol. The lowest BCUT2D eigenvalue weighted by Crippen LogP contribution is -2.38. The molecule has 0 atom stereocenters. The number of rotatable bonds is 5. The lowest BCUT2D eigenvalue weighted by molar-refractivity contribution is 0.102. The first-order chi connectivity index (χ1) is 14.1. The van der Waals surface area contributed by atoms with Crippen molar-refractivity contribution < 1.29 is 4.79 Å². The smallest absolute Gasteiger partial charge is 0.285 e. The van der Waals surface area contributed by atoms with E-state index in [0.29, 0.717) is 17.0 Å². The maximum absolute atomic E-state index is 13.5.